The first-order valence-corrected chi connectivity index (χ1v) is 12.6. The molecule has 36 heavy (non-hydrogen) atoms. The highest BCUT2D eigenvalue weighted by molar-refractivity contribution is 6.25. The van der Waals surface area contributed by atoms with Gasteiger partial charge in [-0.05, 0) is 55.0 Å². The molecule has 0 bridgehead atoms. The van der Waals surface area contributed by atoms with E-state index in [0.29, 0.717) is 25.1 Å². The highest BCUT2D eigenvalue weighted by Crippen LogP contribution is 2.37. The third-order valence-electron chi connectivity index (χ3n) is 6.68. The molecule has 3 aromatic carbocycles. The maximum Gasteiger partial charge on any atom is 0.258 e. The number of rotatable bonds is 11. The van der Waals surface area contributed by atoms with Crippen molar-refractivity contribution >= 4 is 34.2 Å². The van der Waals surface area contributed by atoms with Crippen molar-refractivity contribution in [3.63, 3.8) is 0 Å². The summed E-state index contributed by atoms with van der Waals surface area (Å²) in [7, 11) is 0. The largest absolute Gasteiger partial charge is 0.354 e. The minimum absolute atomic E-state index is 0.0545. The lowest BCUT2D eigenvalue weighted by molar-refractivity contribution is -0.140. The first-order chi connectivity index (χ1) is 17.4. The Kier molecular flexibility index (Phi) is 7.98. The molecule has 1 aliphatic rings. The van der Waals surface area contributed by atoms with E-state index in [0.717, 1.165) is 34.9 Å². The number of carbonyl (C=O) groups is 3. The van der Waals surface area contributed by atoms with E-state index in [1.807, 2.05) is 43.3 Å². The molecule has 0 aliphatic carbocycles. The van der Waals surface area contributed by atoms with Crippen LogP contribution >= 0.6 is 0 Å². The molecule has 7 heteroatoms. The summed E-state index contributed by atoms with van der Waals surface area (Å²) in [6, 6.07) is 16.8. The van der Waals surface area contributed by atoms with Crippen molar-refractivity contribution in [3.05, 3.63) is 77.6 Å². The Morgan fingerprint density at radius 1 is 1.03 bits per heavy atom. The number of benzene rings is 3. The van der Waals surface area contributed by atoms with Gasteiger partial charge >= 0.3 is 0 Å². The van der Waals surface area contributed by atoms with Gasteiger partial charge in [-0.3, -0.25) is 14.4 Å². The Morgan fingerprint density at radius 3 is 2.47 bits per heavy atom. The number of hydrogen-bond donors (Lipinski definition) is 1. The lowest BCUT2D eigenvalue weighted by Gasteiger charge is -2.29. The van der Waals surface area contributed by atoms with E-state index in [-0.39, 0.29) is 36.5 Å². The van der Waals surface area contributed by atoms with Crippen LogP contribution in [0.3, 0.4) is 0 Å². The van der Waals surface area contributed by atoms with Gasteiger partial charge in [-0.15, -0.1) is 0 Å². The van der Waals surface area contributed by atoms with Crippen molar-refractivity contribution in [2.24, 2.45) is 0 Å². The number of hydrogen-bond acceptors (Lipinski definition) is 3. The van der Waals surface area contributed by atoms with Crippen LogP contribution in [0.15, 0.2) is 60.7 Å². The fourth-order valence-corrected chi connectivity index (χ4v) is 4.64. The molecular weight excluding hydrogens is 457 g/mol. The Labute approximate surface area is 211 Å². The minimum Gasteiger partial charge on any atom is -0.354 e. The zero-order valence-corrected chi connectivity index (χ0v) is 20.8. The van der Waals surface area contributed by atoms with E-state index in [1.165, 1.54) is 17.0 Å². The van der Waals surface area contributed by atoms with Crippen LogP contribution in [0, 0.1) is 5.82 Å². The summed E-state index contributed by atoms with van der Waals surface area (Å²) in [5.74, 6) is -0.801. The summed E-state index contributed by atoms with van der Waals surface area (Å²) in [5.41, 5.74) is 2.30. The monoisotopic (exact) mass is 489 g/mol. The van der Waals surface area contributed by atoms with Crippen molar-refractivity contribution in [3.8, 4) is 0 Å². The molecule has 1 atom stereocenters. The van der Waals surface area contributed by atoms with E-state index in [4.69, 9.17) is 0 Å². The summed E-state index contributed by atoms with van der Waals surface area (Å²) in [5, 5.41) is 4.87. The van der Waals surface area contributed by atoms with Crippen LogP contribution in [-0.2, 0) is 16.1 Å². The molecule has 0 aromatic heterocycles. The zero-order valence-electron chi connectivity index (χ0n) is 20.8. The lowest BCUT2D eigenvalue weighted by Crippen LogP contribution is -2.47. The standard InChI is InChI=1S/C29H32FN3O3/c1-3-4-17-31-28(35)20(2)33(19-21-13-15-23(30)16-14-21)26(34)12-7-18-32-25-11-6-9-22-8-5-10-24(27(22)25)29(32)36/h5-6,8-11,13-16,20H,3-4,7,12,17-19H2,1-2H3,(H,31,35)/t20-/m0/s1. The van der Waals surface area contributed by atoms with E-state index in [1.54, 1.807) is 24.0 Å². The number of nitrogens with zero attached hydrogens (tertiary/aromatic N) is 2. The molecule has 0 spiro atoms. The molecule has 188 valence electrons. The van der Waals surface area contributed by atoms with Crippen LogP contribution < -0.4 is 10.2 Å². The SMILES string of the molecule is CCCCNC(=O)[C@H](C)N(Cc1ccc(F)cc1)C(=O)CCCN1C(=O)c2cccc3cccc1c23. The Morgan fingerprint density at radius 2 is 1.75 bits per heavy atom. The van der Waals surface area contributed by atoms with Gasteiger partial charge in [0.2, 0.25) is 11.8 Å². The smallest absolute Gasteiger partial charge is 0.258 e. The van der Waals surface area contributed by atoms with Crippen molar-refractivity contribution < 1.29 is 18.8 Å². The van der Waals surface area contributed by atoms with Gasteiger partial charge in [-0.1, -0.05) is 49.7 Å². The predicted molar refractivity (Wildman–Crippen MR) is 139 cm³/mol. The summed E-state index contributed by atoms with van der Waals surface area (Å²) >= 11 is 0. The number of amides is 3. The molecule has 0 saturated heterocycles. The first-order valence-electron chi connectivity index (χ1n) is 12.6. The fourth-order valence-electron chi connectivity index (χ4n) is 4.64. The fraction of sp³-hybridized carbons (Fsp3) is 0.345. The van der Waals surface area contributed by atoms with Gasteiger partial charge in [0, 0.05) is 37.0 Å². The molecule has 0 radical (unpaired) electrons. The highest BCUT2D eigenvalue weighted by atomic mass is 19.1. The van der Waals surface area contributed by atoms with Crippen molar-refractivity contribution in [2.75, 3.05) is 18.0 Å². The number of carbonyl (C=O) groups excluding carboxylic acids is 3. The number of anilines is 1. The Bertz CT molecular complexity index is 1250. The average Bonchev–Trinajstić information content (AvgIpc) is 3.16. The molecule has 0 unspecified atom stereocenters. The van der Waals surface area contributed by atoms with E-state index in [2.05, 4.69) is 5.32 Å². The lowest BCUT2D eigenvalue weighted by atomic mass is 10.1. The highest BCUT2D eigenvalue weighted by Gasteiger charge is 2.30. The quantitative estimate of drug-likeness (QED) is 0.383. The summed E-state index contributed by atoms with van der Waals surface area (Å²) < 4.78 is 13.4. The minimum atomic E-state index is -0.675. The number of unbranched alkanes of at least 4 members (excludes halogenated alkanes) is 1. The van der Waals surface area contributed by atoms with Crippen LogP contribution in [0.4, 0.5) is 10.1 Å². The maximum atomic E-state index is 13.4. The molecule has 0 saturated carbocycles. The van der Waals surface area contributed by atoms with Crippen LogP contribution in [-0.4, -0.2) is 41.8 Å². The van der Waals surface area contributed by atoms with Gasteiger partial charge in [0.1, 0.15) is 11.9 Å². The summed E-state index contributed by atoms with van der Waals surface area (Å²) in [6.07, 6.45) is 2.46. The van der Waals surface area contributed by atoms with E-state index < -0.39 is 6.04 Å². The Balaban J connectivity index is 1.44. The number of halogens is 1. The second-order valence-corrected chi connectivity index (χ2v) is 9.21. The molecule has 0 fully saturated rings. The average molecular weight is 490 g/mol. The molecule has 3 aromatic rings. The third-order valence-corrected chi connectivity index (χ3v) is 6.68. The van der Waals surface area contributed by atoms with Crippen LogP contribution in [0.1, 0.15) is 55.5 Å². The third kappa shape index (κ3) is 5.40. The van der Waals surface area contributed by atoms with E-state index >= 15 is 0 Å². The van der Waals surface area contributed by atoms with E-state index in [9.17, 15) is 18.8 Å². The molecule has 4 rings (SSSR count). The molecular formula is C29H32FN3O3. The van der Waals surface area contributed by atoms with Gasteiger partial charge in [0.15, 0.2) is 0 Å². The van der Waals surface area contributed by atoms with Crippen molar-refractivity contribution in [1.29, 1.82) is 0 Å². The second-order valence-electron chi connectivity index (χ2n) is 9.21. The molecule has 1 aliphatic heterocycles. The molecule has 6 nitrogen and oxygen atoms in total. The first kappa shape index (κ1) is 25.4. The van der Waals surface area contributed by atoms with Gasteiger partial charge in [-0.25, -0.2) is 4.39 Å². The van der Waals surface area contributed by atoms with Gasteiger partial charge in [0.25, 0.3) is 5.91 Å². The van der Waals surface area contributed by atoms with Gasteiger partial charge in [-0.2, -0.15) is 0 Å². The zero-order chi connectivity index (χ0) is 25.7. The summed E-state index contributed by atoms with van der Waals surface area (Å²) in [4.78, 5) is 42.4. The maximum absolute atomic E-state index is 13.4. The molecule has 1 heterocycles. The normalized spacial score (nSPS) is 13.2. The van der Waals surface area contributed by atoms with Crippen LogP contribution in [0.2, 0.25) is 0 Å². The van der Waals surface area contributed by atoms with Gasteiger partial charge < -0.3 is 15.1 Å². The second kappa shape index (κ2) is 11.3. The van der Waals surface area contributed by atoms with Crippen LogP contribution in [0.25, 0.3) is 10.8 Å². The number of nitrogens with one attached hydrogen (secondary N) is 1. The molecule has 1 N–H and O–H groups in total. The topological polar surface area (TPSA) is 69.7 Å². The molecule has 3 amide bonds. The van der Waals surface area contributed by atoms with Crippen molar-refractivity contribution in [2.45, 2.75) is 52.1 Å². The predicted octanol–water partition coefficient (Wildman–Crippen LogP) is 5.05. The van der Waals surface area contributed by atoms with Crippen LogP contribution in [0.5, 0.6) is 0 Å². The van der Waals surface area contributed by atoms with Gasteiger partial charge in [0.05, 0.1) is 5.69 Å². The van der Waals surface area contributed by atoms with Crippen molar-refractivity contribution in [1.82, 2.24) is 10.2 Å². The summed E-state index contributed by atoms with van der Waals surface area (Å²) in [6.45, 7) is 4.92. The Hall–Kier alpha value is -3.74.